The quantitative estimate of drug-likeness (QED) is 0.493. The molecule has 2 rings (SSSR count). The van der Waals surface area contributed by atoms with Crippen molar-refractivity contribution >= 4 is 93.0 Å². The van der Waals surface area contributed by atoms with E-state index in [4.69, 9.17) is 81.2 Å². The van der Waals surface area contributed by atoms with Crippen molar-refractivity contribution in [3.63, 3.8) is 0 Å². The maximum atomic E-state index is 6.09. The zero-order chi connectivity index (χ0) is 16.5. The first-order chi connectivity index (χ1) is 10.1. The summed E-state index contributed by atoms with van der Waals surface area (Å²) in [6.07, 6.45) is 0. The highest BCUT2D eigenvalue weighted by atomic mass is 35.6. The maximum Gasteiger partial charge on any atom is 0.250 e. The summed E-state index contributed by atoms with van der Waals surface area (Å²) in [7, 11) is 0. The molecular formula is C11H4Cl7N3S. The molecular weight excluding hydrogens is 454 g/mol. The van der Waals surface area contributed by atoms with Gasteiger partial charge in [-0.1, -0.05) is 93.3 Å². The molecule has 0 aliphatic rings. The number of rotatable bonds is 2. The van der Waals surface area contributed by atoms with E-state index >= 15 is 0 Å². The van der Waals surface area contributed by atoms with Gasteiger partial charge < -0.3 is 0 Å². The first kappa shape index (κ1) is 18.9. The first-order valence-corrected chi connectivity index (χ1v) is 8.86. The van der Waals surface area contributed by atoms with Crippen LogP contribution in [0.4, 0.5) is 0 Å². The van der Waals surface area contributed by atoms with Gasteiger partial charge in [0.25, 0.3) is 0 Å². The van der Waals surface area contributed by atoms with E-state index in [1.165, 1.54) is 0 Å². The number of halogens is 7. The molecule has 0 fully saturated rings. The molecule has 0 N–H and O–H groups in total. The molecule has 1 aromatic heterocycles. The zero-order valence-corrected chi connectivity index (χ0v) is 16.3. The summed E-state index contributed by atoms with van der Waals surface area (Å²) in [5.74, 6) is -0.299. The van der Waals surface area contributed by atoms with Gasteiger partial charge in [-0.25, -0.2) is 15.0 Å². The van der Waals surface area contributed by atoms with Crippen LogP contribution < -0.4 is 0 Å². The van der Waals surface area contributed by atoms with Crippen molar-refractivity contribution < 1.29 is 0 Å². The minimum atomic E-state index is -1.89. The van der Waals surface area contributed by atoms with Gasteiger partial charge in [0.15, 0.2) is 16.8 Å². The Morgan fingerprint density at radius 2 is 1.27 bits per heavy atom. The fourth-order valence-electron chi connectivity index (χ4n) is 1.28. The van der Waals surface area contributed by atoms with E-state index in [0.29, 0.717) is 9.92 Å². The Labute approximate surface area is 165 Å². The van der Waals surface area contributed by atoms with Gasteiger partial charge in [-0.15, -0.1) is 0 Å². The van der Waals surface area contributed by atoms with Gasteiger partial charge in [-0.3, -0.25) is 0 Å². The fraction of sp³-hybridized carbons (Fsp3) is 0.182. The van der Waals surface area contributed by atoms with Crippen LogP contribution in [0.2, 0.25) is 5.02 Å². The van der Waals surface area contributed by atoms with Crippen LogP contribution in [0.25, 0.3) is 0 Å². The van der Waals surface area contributed by atoms with Gasteiger partial charge in [0.2, 0.25) is 7.59 Å². The molecule has 1 aromatic carbocycles. The lowest BCUT2D eigenvalue weighted by Crippen LogP contribution is -2.16. The summed E-state index contributed by atoms with van der Waals surface area (Å²) in [6, 6.07) is 7.10. The van der Waals surface area contributed by atoms with Crippen LogP contribution in [0.15, 0.2) is 34.3 Å². The Morgan fingerprint density at radius 3 is 1.73 bits per heavy atom. The highest BCUT2D eigenvalue weighted by Gasteiger charge is 2.34. The van der Waals surface area contributed by atoms with Crippen molar-refractivity contribution in [3.8, 4) is 0 Å². The third-order valence-electron chi connectivity index (χ3n) is 2.16. The third-order valence-corrected chi connectivity index (χ3v) is 4.56. The van der Waals surface area contributed by atoms with Gasteiger partial charge in [0.05, 0.1) is 5.02 Å². The largest absolute Gasteiger partial charge is 0.250 e. The Kier molecular flexibility index (Phi) is 6.23. The van der Waals surface area contributed by atoms with Crippen molar-refractivity contribution in [3.05, 3.63) is 40.9 Å². The smallest absolute Gasteiger partial charge is 0.209 e. The predicted octanol–water partition coefficient (Wildman–Crippen LogP) is 6.33. The number of hydrogen-bond acceptors (Lipinski definition) is 4. The lowest BCUT2D eigenvalue weighted by Gasteiger charge is -2.15. The second-order valence-electron chi connectivity index (χ2n) is 3.79. The van der Waals surface area contributed by atoms with Crippen molar-refractivity contribution in [1.82, 2.24) is 15.0 Å². The van der Waals surface area contributed by atoms with E-state index in [0.717, 1.165) is 11.8 Å². The van der Waals surface area contributed by atoms with Crippen LogP contribution in [-0.2, 0) is 7.59 Å². The van der Waals surface area contributed by atoms with E-state index in [9.17, 15) is 0 Å². The van der Waals surface area contributed by atoms with Gasteiger partial charge in [0, 0.05) is 4.90 Å². The van der Waals surface area contributed by atoms with Crippen LogP contribution in [-0.4, -0.2) is 15.0 Å². The maximum absolute atomic E-state index is 6.09. The standard InChI is InChI=1S/C11H4Cl7N3S/c12-5-3-1-2-4-6(5)22-9-20-7(10(13,14)15)19-8(21-9)11(16,17)18/h1-4H. The number of nitrogens with zero attached hydrogens (tertiary/aromatic N) is 3. The molecule has 0 spiro atoms. The number of aromatic nitrogens is 3. The van der Waals surface area contributed by atoms with E-state index in [2.05, 4.69) is 15.0 Å². The van der Waals surface area contributed by atoms with Gasteiger partial charge in [0.1, 0.15) is 0 Å². The molecule has 2 aromatic rings. The van der Waals surface area contributed by atoms with Crippen molar-refractivity contribution in [2.45, 2.75) is 17.6 Å². The normalized spacial score (nSPS) is 12.5. The molecule has 118 valence electrons. The van der Waals surface area contributed by atoms with Crippen LogP contribution >= 0.6 is 93.0 Å². The minimum absolute atomic E-state index is 0.150. The molecule has 22 heavy (non-hydrogen) atoms. The molecule has 0 radical (unpaired) electrons. The SMILES string of the molecule is Clc1ccccc1Sc1nc(C(Cl)(Cl)Cl)nc(C(Cl)(Cl)Cl)n1. The van der Waals surface area contributed by atoms with E-state index in [1.54, 1.807) is 24.3 Å². The average molecular weight is 458 g/mol. The summed E-state index contributed by atoms with van der Waals surface area (Å²) in [6.45, 7) is 0. The average Bonchev–Trinajstić information content (AvgIpc) is 2.39. The van der Waals surface area contributed by atoms with Gasteiger partial charge in [-0.05, 0) is 23.9 Å². The van der Waals surface area contributed by atoms with Crippen molar-refractivity contribution in [1.29, 1.82) is 0 Å². The van der Waals surface area contributed by atoms with Crippen LogP contribution in [0.3, 0.4) is 0 Å². The Hall–Kier alpha value is 0.610. The third kappa shape index (κ3) is 5.05. The molecule has 3 nitrogen and oxygen atoms in total. The molecule has 1 heterocycles. The molecule has 0 unspecified atom stereocenters. The fourth-order valence-corrected chi connectivity index (χ4v) is 2.81. The highest BCUT2D eigenvalue weighted by Crippen LogP contribution is 2.41. The van der Waals surface area contributed by atoms with Crippen LogP contribution in [0, 0.1) is 0 Å². The highest BCUT2D eigenvalue weighted by molar-refractivity contribution is 7.99. The molecule has 0 aliphatic heterocycles. The summed E-state index contributed by atoms with van der Waals surface area (Å²) >= 11 is 42.0. The monoisotopic (exact) mass is 455 g/mol. The number of hydrogen-bond donors (Lipinski definition) is 0. The second-order valence-corrected chi connectivity index (χ2v) is 9.77. The van der Waals surface area contributed by atoms with E-state index in [-0.39, 0.29) is 16.8 Å². The van der Waals surface area contributed by atoms with Crippen molar-refractivity contribution in [2.75, 3.05) is 0 Å². The molecule has 0 bridgehead atoms. The van der Waals surface area contributed by atoms with E-state index < -0.39 is 7.59 Å². The Morgan fingerprint density at radius 1 is 0.773 bits per heavy atom. The topological polar surface area (TPSA) is 38.7 Å². The number of alkyl halides is 6. The first-order valence-electron chi connectivity index (χ1n) is 5.40. The second kappa shape index (κ2) is 7.24. The summed E-state index contributed by atoms with van der Waals surface area (Å²) in [5.41, 5.74) is 0. The molecule has 0 saturated carbocycles. The molecule has 0 atom stereocenters. The molecule has 0 saturated heterocycles. The van der Waals surface area contributed by atoms with Crippen LogP contribution in [0.5, 0.6) is 0 Å². The predicted molar refractivity (Wildman–Crippen MR) is 93.9 cm³/mol. The summed E-state index contributed by atoms with van der Waals surface area (Å²) in [4.78, 5) is 12.7. The van der Waals surface area contributed by atoms with Gasteiger partial charge >= 0.3 is 0 Å². The van der Waals surface area contributed by atoms with Crippen molar-refractivity contribution in [2.24, 2.45) is 0 Å². The Bertz CT molecular complexity index is 652. The lowest BCUT2D eigenvalue weighted by molar-refractivity contribution is 0.768. The lowest BCUT2D eigenvalue weighted by atomic mass is 10.4. The Balaban J connectivity index is 2.49. The van der Waals surface area contributed by atoms with Gasteiger partial charge in [-0.2, -0.15) is 0 Å². The van der Waals surface area contributed by atoms with Crippen LogP contribution in [0.1, 0.15) is 11.6 Å². The number of benzene rings is 1. The summed E-state index contributed by atoms with van der Waals surface area (Å²) < 4.78 is -3.77. The molecule has 0 amide bonds. The molecule has 11 heteroatoms. The minimum Gasteiger partial charge on any atom is -0.209 e. The molecule has 0 aliphatic carbocycles. The summed E-state index contributed by atoms with van der Waals surface area (Å²) in [5, 5.41) is 0.699. The zero-order valence-electron chi connectivity index (χ0n) is 10.2. The van der Waals surface area contributed by atoms with E-state index in [1.807, 2.05) is 0 Å².